The Bertz CT molecular complexity index is 1050. The van der Waals surface area contributed by atoms with Gasteiger partial charge in [-0.05, 0) is 49.1 Å². The highest BCUT2D eigenvalue weighted by Gasteiger charge is 2.27. The van der Waals surface area contributed by atoms with E-state index < -0.39 is 14.9 Å². The van der Waals surface area contributed by atoms with E-state index in [1.807, 2.05) is 0 Å². The van der Waals surface area contributed by atoms with Crippen LogP contribution in [0, 0.1) is 10.1 Å². The number of ether oxygens (including phenoxy) is 1. The number of hydrogen-bond acceptors (Lipinski definition) is 6. The van der Waals surface area contributed by atoms with Crippen LogP contribution in [-0.2, 0) is 21.2 Å². The van der Waals surface area contributed by atoms with Crippen molar-refractivity contribution in [2.24, 2.45) is 0 Å². The predicted molar refractivity (Wildman–Crippen MR) is 111 cm³/mol. The van der Waals surface area contributed by atoms with Crippen LogP contribution in [0.15, 0.2) is 47.4 Å². The molecule has 1 aliphatic heterocycles. The van der Waals surface area contributed by atoms with Gasteiger partial charge in [-0.2, -0.15) is 4.31 Å². The quantitative estimate of drug-likeness (QED) is 0.505. The summed E-state index contributed by atoms with van der Waals surface area (Å²) < 4.78 is 32.4. The third-order valence-electron chi connectivity index (χ3n) is 4.92. The van der Waals surface area contributed by atoms with Gasteiger partial charge in [0.1, 0.15) is 5.75 Å². The number of nitrogens with one attached hydrogen (secondary N) is 1. The Labute approximate surface area is 174 Å². The van der Waals surface area contributed by atoms with Crippen molar-refractivity contribution in [1.82, 2.24) is 4.31 Å². The monoisotopic (exact) mass is 433 g/mol. The number of nitro benzene ring substituents is 1. The minimum absolute atomic E-state index is 0.0618. The van der Waals surface area contributed by atoms with Crippen molar-refractivity contribution >= 4 is 27.3 Å². The number of carbonyl (C=O) groups excluding carboxylic acids is 1. The van der Waals surface area contributed by atoms with Crippen LogP contribution in [0.4, 0.5) is 11.4 Å². The molecule has 0 aromatic heterocycles. The fourth-order valence-electron chi connectivity index (χ4n) is 3.36. The fraction of sp³-hybridized carbons (Fsp3) is 0.350. The first-order valence-electron chi connectivity index (χ1n) is 9.52. The number of non-ortho nitro benzene ring substituents is 1. The lowest BCUT2D eigenvalue weighted by Crippen LogP contribution is -2.28. The van der Waals surface area contributed by atoms with Crippen molar-refractivity contribution in [3.05, 3.63) is 58.1 Å². The molecule has 0 radical (unpaired) electrons. The summed E-state index contributed by atoms with van der Waals surface area (Å²) in [5.41, 5.74) is 0.813. The highest BCUT2D eigenvalue weighted by atomic mass is 32.2. The van der Waals surface area contributed by atoms with E-state index >= 15 is 0 Å². The summed E-state index contributed by atoms with van der Waals surface area (Å²) >= 11 is 0. The lowest BCUT2D eigenvalue weighted by atomic mass is 10.1. The number of nitro groups is 1. The molecule has 2 aromatic rings. The Morgan fingerprint density at radius 3 is 2.60 bits per heavy atom. The minimum Gasteiger partial charge on any atom is -0.496 e. The first kappa shape index (κ1) is 21.7. The standard InChI is InChI=1S/C20H23N3O6S/c1-29-19-9-8-18(30(27,28)22-11-2-3-12-22)13-15(19)7-10-20(24)21-16-5-4-6-17(14-16)23(25)26/h4-6,8-9,13-14H,2-3,7,10-12H2,1H3,(H,21,24). The van der Waals surface area contributed by atoms with Gasteiger partial charge in [-0.1, -0.05) is 6.07 Å². The average Bonchev–Trinajstić information content (AvgIpc) is 3.28. The van der Waals surface area contributed by atoms with E-state index in [2.05, 4.69) is 5.32 Å². The van der Waals surface area contributed by atoms with Crippen LogP contribution in [0.2, 0.25) is 0 Å². The van der Waals surface area contributed by atoms with Gasteiger partial charge in [0.15, 0.2) is 0 Å². The molecule has 30 heavy (non-hydrogen) atoms. The maximum atomic E-state index is 12.8. The molecular formula is C20H23N3O6S. The summed E-state index contributed by atoms with van der Waals surface area (Å²) in [5, 5.41) is 13.5. The topological polar surface area (TPSA) is 119 Å². The minimum atomic E-state index is -3.57. The number of benzene rings is 2. The molecule has 1 N–H and O–H groups in total. The first-order valence-corrected chi connectivity index (χ1v) is 11.0. The van der Waals surface area contributed by atoms with Crippen molar-refractivity contribution in [3.63, 3.8) is 0 Å². The Morgan fingerprint density at radius 2 is 1.93 bits per heavy atom. The van der Waals surface area contributed by atoms with E-state index in [0.717, 1.165) is 12.8 Å². The maximum Gasteiger partial charge on any atom is 0.271 e. The van der Waals surface area contributed by atoms with Crippen LogP contribution in [0.1, 0.15) is 24.8 Å². The molecule has 10 heteroatoms. The second kappa shape index (κ2) is 9.23. The molecule has 1 aliphatic rings. The molecule has 1 amide bonds. The maximum absolute atomic E-state index is 12.8. The zero-order valence-electron chi connectivity index (χ0n) is 16.5. The number of methoxy groups -OCH3 is 1. The molecule has 0 saturated carbocycles. The second-order valence-electron chi connectivity index (χ2n) is 6.94. The van der Waals surface area contributed by atoms with Gasteiger partial charge in [-0.3, -0.25) is 14.9 Å². The van der Waals surface area contributed by atoms with Crippen molar-refractivity contribution in [3.8, 4) is 5.75 Å². The fourth-order valence-corrected chi connectivity index (χ4v) is 4.93. The van der Waals surface area contributed by atoms with Crippen LogP contribution < -0.4 is 10.1 Å². The molecule has 1 heterocycles. The number of nitrogens with zero attached hydrogens (tertiary/aromatic N) is 2. The van der Waals surface area contributed by atoms with Crippen LogP contribution in [0.5, 0.6) is 5.75 Å². The van der Waals surface area contributed by atoms with Gasteiger partial charge in [0.05, 0.1) is 16.9 Å². The van der Waals surface area contributed by atoms with Gasteiger partial charge in [-0.25, -0.2) is 8.42 Å². The summed E-state index contributed by atoms with van der Waals surface area (Å²) in [6, 6.07) is 10.3. The molecular weight excluding hydrogens is 410 g/mol. The van der Waals surface area contributed by atoms with Crippen molar-refractivity contribution in [1.29, 1.82) is 0 Å². The van der Waals surface area contributed by atoms with E-state index in [1.54, 1.807) is 18.2 Å². The molecule has 0 unspecified atom stereocenters. The lowest BCUT2D eigenvalue weighted by molar-refractivity contribution is -0.384. The Hall–Kier alpha value is -2.98. The molecule has 3 rings (SSSR count). The number of carbonyl (C=O) groups is 1. The van der Waals surface area contributed by atoms with E-state index in [4.69, 9.17) is 4.74 Å². The molecule has 0 bridgehead atoms. The highest BCUT2D eigenvalue weighted by Crippen LogP contribution is 2.27. The Kier molecular flexibility index (Phi) is 6.68. The Balaban J connectivity index is 1.71. The number of hydrogen-bond donors (Lipinski definition) is 1. The van der Waals surface area contributed by atoms with Gasteiger partial charge in [0, 0.05) is 37.3 Å². The lowest BCUT2D eigenvalue weighted by Gasteiger charge is -2.17. The van der Waals surface area contributed by atoms with Crippen LogP contribution in [0.3, 0.4) is 0 Å². The summed E-state index contributed by atoms with van der Waals surface area (Å²) in [5.74, 6) is 0.156. The zero-order chi connectivity index (χ0) is 21.7. The van der Waals surface area contributed by atoms with E-state index in [-0.39, 0.29) is 29.3 Å². The SMILES string of the molecule is COc1ccc(S(=O)(=O)N2CCCC2)cc1CCC(=O)Nc1cccc([N+](=O)[O-])c1. The largest absolute Gasteiger partial charge is 0.496 e. The van der Waals surface area contributed by atoms with Gasteiger partial charge in [0.25, 0.3) is 5.69 Å². The first-order chi connectivity index (χ1) is 14.3. The predicted octanol–water partition coefficient (Wildman–Crippen LogP) is 2.96. The van der Waals surface area contributed by atoms with E-state index in [0.29, 0.717) is 30.1 Å². The molecule has 9 nitrogen and oxygen atoms in total. The van der Waals surface area contributed by atoms with Crippen LogP contribution >= 0.6 is 0 Å². The van der Waals surface area contributed by atoms with Crippen LogP contribution in [0.25, 0.3) is 0 Å². The molecule has 1 saturated heterocycles. The van der Waals surface area contributed by atoms with E-state index in [1.165, 1.54) is 35.7 Å². The van der Waals surface area contributed by atoms with E-state index in [9.17, 15) is 23.3 Å². The molecule has 160 valence electrons. The third-order valence-corrected chi connectivity index (χ3v) is 6.81. The van der Waals surface area contributed by atoms with Crippen molar-refractivity contribution in [2.45, 2.75) is 30.6 Å². The summed E-state index contributed by atoms with van der Waals surface area (Å²) in [4.78, 5) is 22.8. The van der Waals surface area contributed by atoms with Gasteiger partial charge >= 0.3 is 0 Å². The number of rotatable bonds is 8. The molecule has 1 fully saturated rings. The summed E-state index contributed by atoms with van der Waals surface area (Å²) in [7, 11) is -2.09. The number of aryl methyl sites for hydroxylation is 1. The summed E-state index contributed by atoms with van der Waals surface area (Å²) in [6.45, 7) is 1.02. The highest BCUT2D eigenvalue weighted by molar-refractivity contribution is 7.89. The van der Waals surface area contributed by atoms with Gasteiger partial charge < -0.3 is 10.1 Å². The molecule has 0 aliphatic carbocycles. The van der Waals surface area contributed by atoms with Crippen LogP contribution in [-0.4, -0.2) is 43.8 Å². The molecule has 0 atom stereocenters. The molecule has 2 aromatic carbocycles. The van der Waals surface area contributed by atoms with Crippen molar-refractivity contribution < 1.29 is 22.9 Å². The number of anilines is 1. The Morgan fingerprint density at radius 1 is 1.20 bits per heavy atom. The average molecular weight is 433 g/mol. The summed E-state index contributed by atoms with van der Waals surface area (Å²) in [6.07, 6.45) is 2.01. The zero-order valence-corrected chi connectivity index (χ0v) is 17.4. The van der Waals surface area contributed by atoms with Crippen molar-refractivity contribution in [2.75, 3.05) is 25.5 Å². The third kappa shape index (κ3) is 4.95. The van der Waals surface area contributed by atoms with Gasteiger partial charge in [-0.15, -0.1) is 0 Å². The number of amides is 1. The smallest absolute Gasteiger partial charge is 0.271 e. The second-order valence-corrected chi connectivity index (χ2v) is 8.88. The normalized spacial score (nSPS) is 14.4. The number of sulfonamides is 1. The van der Waals surface area contributed by atoms with Gasteiger partial charge in [0.2, 0.25) is 15.9 Å². The molecule has 0 spiro atoms.